The fourth-order valence-electron chi connectivity index (χ4n) is 3.18. The maximum atomic E-state index is 12.6. The molecule has 0 unspecified atom stereocenters. The lowest BCUT2D eigenvalue weighted by Gasteiger charge is -2.21. The van der Waals surface area contributed by atoms with Crippen molar-refractivity contribution in [1.29, 1.82) is 0 Å². The highest BCUT2D eigenvalue weighted by Gasteiger charge is 2.21. The Morgan fingerprint density at radius 1 is 0.931 bits per heavy atom. The summed E-state index contributed by atoms with van der Waals surface area (Å²) in [6, 6.07) is 19.2. The lowest BCUT2D eigenvalue weighted by atomic mass is 10.2. The maximum Gasteiger partial charge on any atom is 0.238 e. The van der Waals surface area contributed by atoms with Gasteiger partial charge in [0.1, 0.15) is 0 Å². The summed E-state index contributed by atoms with van der Waals surface area (Å²) in [7, 11) is 0. The van der Waals surface area contributed by atoms with Crippen LogP contribution in [0.3, 0.4) is 0 Å². The third-order valence-electron chi connectivity index (χ3n) is 4.70. The van der Waals surface area contributed by atoms with E-state index < -0.39 is 0 Å². The number of rotatable bonds is 6. The quantitative estimate of drug-likeness (QED) is 0.717. The molecule has 2 aromatic rings. The minimum absolute atomic E-state index is 0.0280. The van der Waals surface area contributed by atoms with Gasteiger partial charge in [-0.1, -0.05) is 60.7 Å². The molecule has 5 nitrogen and oxygen atoms in total. The number of anilines is 1. The highest BCUT2D eigenvalue weighted by atomic mass is 32.2. The molecule has 2 amide bonds. The van der Waals surface area contributed by atoms with Crippen molar-refractivity contribution in [3.05, 3.63) is 66.2 Å². The van der Waals surface area contributed by atoms with E-state index in [1.54, 1.807) is 0 Å². The molecule has 0 aliphatic carbocycles. The van der Waals surface area contributed by atoms with Gasteiger partial charge in [0.25, 0.3) is 0 Å². The molecule has 0 bridgehead atoms. The molecular formula is C22H25N3O2S2. The molecular weight excluding hydrogens is 402 g/mol. The van der Waals surface area contributed by atoms with Gasteiger partial charge in [0.15, 0.2) is 0 Å². The van der Waals surface area contributed by atoms with Crippen molar-refractivity contribution in [3.63, 3.8) is 0 Å². The van der Waals surface area contributed by atoms with Crippen LogP contribution < -0.4 is 5.32 Å². The van der Waals surface area contributed by atoms with Gasteiger partial charge in [-0.2, -0.15) is 0 Å². The van der Waals surface area contributed by atoms with E-state index >= 15 is 0 Å². The Kier molecular flexibility index (Phi) is 8.22. The second kappa shape index (κ2) is 11.1. The number of hydrogen-bond acceptors (Lipinski definition) is 5. The van der Waals surface area contributed by atoms with E-state index in [-0.39, 0.29) is 11.8 Å². The number of carbonyl (C=O) groups excluding carboxylic acids is 2. The minimum Gasteiger partial charge on any atom is -0.341 e. The molecule has 2 aromatic carbocycles. The zero-order valence-corrected chi connectivity index (χ0v) is 17.9. The van der Waals surface area contributed by atoms with Crippen LogP contribution in [0.5, 0.6) is 0 Å². The average molecular weight is 428 g/mol. The van der Waals surface area contributed by atoms with Crippen LogP contribution in [0.1, 0.15) is 12.0 Å². The summed E-state index contributed by atoms with van der Waals surface area (Å²) >= 11 is 6.84. The molecule has 1 heterocycles. The van der Waals surface area contributed by atoms with Gasteiger partial charge in [0.05, 0.1) is 16.5 Å². The van der Waals surface area contributed by atoms with Gasteiger partial charge in [0.2, 0.25) is 11.8 Å². The van der Waals surface area contributed by atoms with Crippen molar-refractivity contribution in [2.75, 3.05) is 43.8 Å². The van der Waals surface area contributed by atoms with Crippen molar-refractivity contribution >= 4 is 45.7 Å². The number of benzene rings is 2. The van der Waals surface area contributed by atoms with Crippen LogP contribution in [0.4, 0.5) is 5.69 Å². The van der Waals surface area contributed by atoms with Crippen molar-refractivity contribution in [2.24, 2.45) is 0 Å². The van der Waals surface area contributed by atoms with Gasteiger partial charge in [-0.25, -0.2) is 0 Å². The van der Waals surface area contributed by atoms with Gasteiger partial charge in [0, 0.05) is 31.9 Å². The average Bonchev–Trinajstić information content (AvgIpc) is 2.98. The topological polar surface area (TPSA) is 52.7 Å². The number of thiocarbonyl (C=S) groups is 1. The van der Waals surface area contributed by atoms with Gasteiger partial charge in [-0.15, -0.1) is 11.8 Å². The Labute approximate surface area is 181 Å². The van der Waals surface area contributed by atoms with Crippen molar-refractivity contribution < 1.29 is 9.59 Å². The van der Waals surface area contributed by atoms with Crippen LogP contribution in [0, 0.1) is 0 Å². The normalized spacial score (nSPS) is 14.8. The number of para-hydroxylation sites is 1. The van der Waals surface area contributed by atoms with Crippen LogP contribution in [0.2, 0.25) is 0 Å². The summed E-state index contributed by atoms with van der Waals surface area (Å²) in [6.07, 6.45) is 0.859. The molecule has 29 heavy (non-hydrogen) atoms. The van der Waals surface area contributed by atoms with E-state index in [4.69, 9.17) is 12.2 Å². The van der Waals surface area contributed by atoms with Crippen LogP contribution in [-0.2, 0) is 9.59 Å². The van der Waals surface area contributed by atoms with Gasteiger partial charge in [-0.05, 0) is 24.1 Å². The molecule has 1 fully saturated rings. The zero-order chi connectivity index (χ0) is 20.5. The first-order chi connectivity index (χ1) is 14.1. The molecule has 0 aromatic heterocycles. The molecule has 0 radical (unpaired) electrons. The number of hydrogen-bond donors (Lipinski definition) is 1. The first kappa shape index (κ1) is 21.5. The van der Waals surface area contributed by atoms with E-state index in [2.05, 4.69) is 10.2 Å². The Bertz CT molecular complexity index is 830. The summed E-state index contributed by atoms with van der Waals surface area (Å²) in [4.78, 5) is 28.9. The number of nitrogens with one attached hydrogen (secondary N) is 1. The summed E-state index contributed by atoms with van der Waals surface area (Å²) in [6.45, 7) is 3.19. The predicted octanol–water partition coefficient (Wildman–Crippen LogP) is 3.27. The molecule has 0 saturated carbocycles. The number of amides is 2. The van der Waals surface area contributed by atoms with Gasteiger partial charge >= 0.3 is 0 Å². The van der Waals surface area contributed by atoms with Crippen LogP contribution >= 0.6 is 24.0 Å². The number of nitrogens with zero attached hydrogens (tertiary/aromatic N) is 2. The Hall–Kier alpha value is -2.22. The van der Waals surface area contributed by atoms with Crippen LogP contribution in [-0.4, -0.2) is 64.3 Å². The van der Waals surface area contributed by atoms with Crippen molar-refractivity contribution in [2.45, 2.75) is 6.42 Å². The smallest absolute Gasteiger partial charge is 0.238 e. The second-order valence-corrected chi connectivity index (χ2v) is 8.52. The molecule has 152 valence electrons. The van der Waals surface area contributed by atoms with E-state index in [0.717, 1.165) is 28.4 Å². The molecule has 1 N–H and O–H groups in total. The molecule has 3 rings (SSSR count). The second-order valence-electron chi connectivity index (χ2n) is 6.87. The molecule has 1 saturated heterocycles. The largest absolute Gasteiger partial charge is 0.341 e. The minimum atomic E-state index is -0.0280. The van der Waals surface area contributed by atoms with Gasteiger partial charge < -0.3 is 10.2 Å². The molecule has 7 heteroatoms. The Morgan fingerprint density at radius 3 is 2.34 bits per heavy atom. The first-order valence-corrected chi connectivity index (χ1v) is 11.1. The fraction of sp³-hybridized carbons (Fsp3) is 0.318. The SMILES string of the molecule is O=C(CN1CCCN(C(=O)CSC(=S)c2ccccc2)CC1)Nc1ccccc1. The summed E-state index contributed by atoms with van der Waals surface area (Å²) < 4.78 is 0.744. The first-order valence-electron chi connectivity index (χ1n) is 9.69. The molecule has 1 aliphatic rings. The molecule has 0 atom stereocenters. The Balaban J connectivity index is 1.42. The van der Waals surface area contributed by atoms with Crippen molar-refractivity contribution in [3.8, 4) is 0 Å². The summed E-state index contributed by atoms with van der Waals surface area (Å²) in [5.41, 5.74) is 1.78. The highest BCUT2D eigenvalue weighted by molar-refractivity contribution is 8.24. The molecule has 1 aliphatic heterocycles. The third kappa shape index (κ3) is 6.96. The maximum absolute atomic E-state index is 12.6. The standard InChI is InChI=1S/C22H25N3O2S2/c26-20(23-19-10-5-2-6-11-19)16-24-12-7-13-25(15-14-24)21(27)17-29-22(28)18-8-3-1-4-9-18/h1-6,8-11H,7,12-17H2,(H,23,26). The van der Waals surface area contributed by atoms with Crippen LogP contribution in [0.25, 0.3) is 0 Å². The van der Waals surface area contributed by atoms with Crippen molar-refractivity contribution in [1.82, 2.24) is 9.80 Å². The molecule has 0 spiro atoms. The fourth-order valence-corrected chi connectivity index (χ4v) is 4.23. The number of carbonyl (C=O) groups is 2. The van der Waals surface area contributed by atoms with Crippen LogP contribution in [0.15, 0.2) is 60.7 Å². The van der Waals surface area contributed by atoms with E-state index in [0.29, 0.717) is 31.9 Å². The summed E-state index contributed by atoms with van der Waals surface area (Å²) in [5, 5.41) is 2.91. The van der Waals surface area contributed by atoms with Gasteiger partial charge in [-0.3, -0.25) is 14.5 Å². The predicted molar refractivity (Wildman–Crippen MR) is 123 cm³/mol. The lowest BCUT2D eigenvalue weighted by Crippen LogP contribution is -2.38. The summed E-state index contributed by atoms with van der Waals surface area (Å²) in [5.74, 6) is 0.422. The van der Waals surface area contributed by atoms with E-state index in [1.165, 1.54) is 11.8 Å². The lowest BCUT2D eigenvalue weighted by molar-refractivity contribution is -0.128. The van der Waals surface area contributed by atoms with E-state index in [1.807, 2.05) is 65.6 Å². The number of thioether (sulfide) groups is 1. The Morgan fingerprint density at radius 2 is 1.62 bits per heavy atom. The van der Waals surface area contributed by atoms with E-state index in [9.17, 15) is 9.59 Å². The third-order valence-corrected chi connectivity index (χ3v) is 6.18. The zero-order valence-electron chi connectivity index (χ0n) is 16.3. The monoisotopic (exact) mass is 427 g/mol. The highest BCUT2D eigenvalue weighted by Crippen LogP contribution is 2.15.